The van der Waals surface area contributed by atoms with Gasteiger partial charge in [0.2, 0.25) is 0 Å². The second-order valence-corrected chi connectivity index (χ2v) is 7.59. The Morgan fingerprint density at radius 2 is 1.88 bits per heavy atom. The summed E-state index contributed by atoms with van der Waals surface area (Å²) in [4.78, 5) is 0. The fraction of sp³-hybridized carbons (Fsp3) is 0.455. The van der Waals surface area contributed by atoms with Crippen LogP contribution >= 0.6 is 11.6 Å². The molecular weight excluding hydrogens is 347 g/mol. The average molecular weight is 375 g/mol. The molecule has 0 radical (unpaired) electrons. The van der Waals surface area contributed by atoms with E-state index in [-0.39, 0.29) is 11.4 Å². The van der Waals surface area contributed by atoms with E-state index >= 15 is 0 Å². The van der Waals surface area contributed by atoms with Gasteiger partial charge in [-0.1, -0.05) is 54.8 Å². The Morgan fingerprint density at radius 3 is 2.62 bits per heavy atom. The zero-order valence-corrected chi connectivity index (χ0v) is 16.2. The number of hydrogen-bond donors (Lipinski definition) is 2. The molecule has 4 heteroatoms. The Bertz CT molecular complexity index is 704. The molecule has 0 aromatic heterocycles. The summed E-state index contributed by atoms with van der Waals surface area (Å²) >= 11 is 6.55. The Balaban J connectivity index is 1.64. The molecule has 2 atom stereocenters. The Morgan fingerprint density at radius 1 is 1.12 bits per heavy atom. The summed E-state index contributed by atoms with van der Waals surface area (Å²) in [5.41, 5.74) is 2.26. The fourth-order valence-corrected chi connectivity index (χ4v) is 4.55. The molecule has 140 valence electrons. The molecule has 1 fully saturated rings. The largest absolute Gasteiger partial charge is 0.312 e. The molecule has 26 heavy (non-hydrogen) atoms. The lowest BCUT2D eigenvalue weighted by atomic mass is 9.72. The predicted octanol–water partition coefficient (Wildman–Crippen LogP) is 5.06. The van der Waals surface area contributed by atoms with E-state index < -0.39 is 0 Å². The van der Waals surface area contributed by atoms with Crippen LogP contribution in [0, 0.1) is 5.82 Å². The highest BCUT2D eigenvalue weighted by molar-refractivity contribution is 6.31. The molecule has 0 unspecified atom stereocenters. The third-order valence-corrected chi connectivity index (χ3v) is 5.99. The van der Waals surface area contributed by atoms with Crippen molar-refractivity contribution in [1.82, 2.24) is 10.6 Å². The number of benzene rings is 2. The molecule has 3 rings (SSSR count). The van der Waals surface area contributed by atoms with Crippen LogP contribution in [0.3, 0.4) is 0 Å². The molecule has 0 heterocycles. The number of halogens is 2. The fourth-order valence-electron chi connectivity index (χ4n) is 4.25. The molecule has 2 N–H and O–H groups in total. The van der Waals surface area contributed by atoms with Crippen molar-refractivity contribution >= 4 is 11.6 Å². The SMILES string of the molecule is CN[C@@]1(c2ccccc2Cl)CCCC[C@@H]1NCCCc1ccc(F)cc1. The van der Waals surface area contributed by atoms with Gasteiger partial charge in [0, 0.05) is 11.1 Å². The van der Waals surface area contributed by atoms with Crippen LogP contribution in [0.2, 0.25) is 5.02 Å². The minimum atomic E-state index is -0.173. The Hall–Kier alpha value is -1.42. The standard InChI is InChI=1S/C22H28ClFN2/c1-25-22(19-8-2-3-9-20(19)23)15-5-4-10-21(22)26-16-6-7-17-11-13-18(24)14-12-17/h2-3,8-9,11-14,21,25-26H,4-7,10,15-16H2,1H3/t21-,22+/m0/s1. The van der Waals surface area contributed by atoms with Gasteiger partial charge in [0.1, 0.15) is 5.82 Å². The van der Waals surface area contributed by atoms with Gasteiger partial charge in [-0.25, -0.2) is 4.39 Å². The molecule has 1 aliphatic carbocycles. The monoisotopic (exact) mass is 374 g/mol. The average Bonchev–Trinajstić information content (AvgIpc) is 2.67. The van der Waals surface area contributed by atoms with Crippen LogP contribution in [0.1, 0.15) is 43.2 Å². The summed E-state index contributed by atoms with van der Waals surface area (Å²) in [6, 6.07) is 15.4. The number of rotatable bonds is 7. The Labute approximate surface area is 161 Å². The topological polar surface area (TPSA) is 24.1 Å². The molecular formula is C22H28ClFN2. The van der Waals surface area contributed by atoms with Crippen LogP contribution in [0.15, 0.2) is 48.5 Å². The summed E-state index contributed by atoms with van der Waals surface area (Å²) in [5.74, 6) is -0.173. The van der Waals surface area contributed by atoms with Crippen LogP contribution in [-0.2, 0) is 12.0 Å². The van der Waals surface area contributed by atoms with Crippen LogP contribution in [-0.4, -0.2) is 19.6 Å². The lowest BCUT2D eigenvalue weighted by molar-refractivity contribution is 0.178. The number of hydrogen-bond acceptors (Lipinski definition) is 2. The number of likely N-dealkylation sites (N-methyl/N-ethyl adjacent to an activating group) is 1. The van der Waals surface area contributed by atoms with Crippen molar-refractivity contribution in [1.29, 1.82) is 0 Å². The van der Waals surface area contributed by atoms with Crippen LogP contribution < -0.4 is 10.6 Å². The summed E-state index contributed by atoms with van der Waals surface area (Å²) in [6.45, 7) is 0.940. The van der Waals surface area contributed by atoms with E-state index in [2.05, 4.69) is 22.8 Å². The third-order valence-electron chi connectivity index (χ3n) is 5.66. The van der Waals surface area contributed by atoms with Crippen molar-refractivity contribution < 1.29 is 4.39 Å². The minimum absolute atomic E-state index is 0.119. The molecule has 0 amide bonds. The van der Waals surface area contributed by atoms with Gasteiger partial charge < -0.3 is 10.6 Å². The number of aryl methyl sites for hydroxylation is 1. The lowest BCUT2D eigenvalue weighted by Crippen LogP contribution is -2.58. The van der Waals surface area contributed by atoms with Crippen LogP contribution in [0.25, 0.3) is 0 Å². The molecule has 2 aromatic rings. The zero-order valence-electron chi connectivity index (χ0n) is 15.4. The van der Waals surface area contributed by atoms with Gasteiger partial charge in [-0.15, -0.1) is 0 Å². The van der Waals surface area contributed by atoms with Gasteiger partial charge in [-0.05, 0) is 68.6 Å². The van der Waals surface area contributed by atoms with E-state index in [9.17, 15) is 4.39 Å². The lowest BCUT2D eigenvalue weighted by Gasteiger charge is -2.45. The summed E-state index contributed by atoms with van der Waals surface area (Å²) in [5, 5.41) is 8.21. The van der Waals surface area contributed by atoms with Crippen molar-refractivity contribution in [2.45, 2.75) is 50.1 Å². The first-order valence-electron chi connectivity index (χ1n) is 9.57. The third kappa shape index (κ3) is 4.28. The molecule has 0 aliphatic heterocycles. The van der Waals surface area contributed by atoms with E-state index in [1.165, 1.54) is 36.1 Å². The van der Waals surface area contributed by atoms with Gasteiger partial charge in [0.25, 0.3) is 0 Å². The zero-order chi connectivity index (χ0) is 18.4. The highest BCUT2D eigenvalue weighted by atomic mass is 35.5. The molecule has 0 bridgehead atoms. The normalized spacial score (nSPS) is 23.1. The van der Waals surface area contributed by atoms with Crippen LogP contribution in [0.5, 0.6) is 0 Å². The second kappa shape index (κ2) is 8.98. The van der Waals surface area contributed by atoms with E-state index in [0.29, 0.717) is 6.04 Å². The number of nitrogens with one attached hydrogen (secondary N) is 2. The highest BCUT2D eigenvalue weighted by Crippen LogP contribution is 2.40. The molecule has 1 saturated carbocycles. The quantitative estimate of drug-likeness (QED) is 0.662. The minimum Gasteiger partial charge on any atom is -0.312 e. The maximum atomic E-state index is 13.0. The first-order chi connectivity index (χ1) is 12.7. The highest BCUT2D eigenvalue weighted by Gasteiger charge is 2.41. The predicted molar refractivity (Wildman–Crippen MR) is 107 cm³/mol. The van der Waals surface area contributed by atoms with Gasteiger partial charge in [-0.2, -0.15) is 0 Å². The Kier molecular flexibility index (Phi) is 6.68. The van der Waals surface area contributed by atoms with Crippen molar-refractivity contribution in [3.8, 4) is 0 Å². The van der Waals surface area contributed by atoms with E-state index in [1.54, 1.807) is 0 Å². The first kappa shape index (κ1) is 19.3. The van der Waals surface area contributed by atoms with Crippen molar-refractivity contribution in [2.75, 3.05) is 13.6 Å². The summed E-state index contributed by atoms with van der Waals surface area (Å²) in [6.07, 6.45) is 6.66. The smallest absolute Gasteiger partial charge is 0.123 e. The molecule has 0 spiro atoms. The van der Waals surface area contributed by atoms with Crippen molar-refractivity contribution in [3.05, 3.63) is 70.5 Å². The maximum absolute atomic E-state index is 13.0. The second-order valence-electron chi connectivity index (χ2n) is 7.18. The van der Waals surface area contributed by atoms with Crippen LogP contribution in [0.4, 0.5) is 4.39 Å². The van der Waals surface area contributed by atoms with Gasteiger partial charge in [-0.3, -0.25) is 0 Å². The van der Waals surface area contributed by atoms with E-state index in [4.69, 9.17) is 11.6 Å². The van der Waals surface area contributed by atoms with E-state index in [0.717, 1.165) is 37.3 Å². The summed E-state index contributed by atoms with van der Waals surface area (Å²) < 4.78 is 13.0. The van der Waals surface area contributed by atoms with Gasteiger partial charge >= 0.3 is 0 Å². The van der Waals surface area contributed by atoms with E-state index in [1.807, 2.05) is 31.3 Å². The van der Waals surface area contributed by atoms with Gasteiger partial charge in [0.15, 0.2) is 0 Å². The molecule has 2 nitrogen and oxygen atoms in total. The first-order valence-corrected chi connectivity index (χ1v) is 9.95. The van der Waals surface area contributed by atoms with Gasteiger partial charge in [0.05, 0.1) is 5.54 Å². The van der Waals surface area contributed by atoms with Crippen molar-refractivity contribution in [2.24, 2.45) is 0 Å². The molecule has 1 aliphatic rings. The maximum Gasteiger partial charge on any atom is 0.123 e. The molecule has 0 saturated heterocycles. The molecule has 2 aromatic carbocycles. The summed E-state index contributed by atoms with van der Waals surface area (Å²) in [7, 11) is 2.04. The van der Waals surface area contributed by atoms with Crippen molar-refractivity contribution in [3.63, 3.8) is 0 Å².